The summed E-state index contributed by atoms with van der Waals surface area (Å²) in [5.41, 5.74) is 3.26. The number of hydrogen-bond donors (Lipinski definition) is 0. The number of nitrogens with zero attached hydrogens (tertiary/aromatic N) is 1. The minimum Gasteiger partial charge on any atom is -0.481 e. The van der Waals surface area contributed by atoms with Crippen LogP contribution in [0.2, 0.25) is 0 Å². The quantitative estimate of drug-likeness (QED) is 0.714. The molecule has 0 radical (unpaired) electrons. The fourth-order valence-corrected chi connectivity index (χ4v) is 6.25. The Morgan fingerprint density at radius 1 is 1.25 bits per heavy atom. The molecule has 2 atom stereocenters. The average molecular weight is 422 g/mol. The minimum absolute atomic E-state index is 0.0272. The molecule has 5 nitrogen and oxygen atoms in total. The fourth-order valence-electron chi connectivity index (χ4n) is 3.62. The number of carbonyl (C=O) groups is 1. The van der Waals surface area contributed by atoms with E-state index in [9.17, 15) is 13.2 Å². The summed E-state index contributed by atoms with van der Waals surface area (Å²) in [6.07, 6.45) is -0.209. The van der Waals surface area contributed by atoms with Gasteiger partial charge in [0.25, 0.3) is 5.91 Å². The Hall–Kier alpha value is -1.86. The van der Waals surface area contributed by atoms with E-state index in [1.54, 1.807) is 23.2 Å². The lowest BCUT2D eigenvalue weighted by molar-refractivity contribution is -0.140. The van der Waals surface area contributed by atoms with E-state index >= 15 is 0 Å². The molecule has 2 heterocycles. The van der Waals surface area contributed by atoms with E-state index in [1.165, 1.54) is 0 Å². The van der Waals surface area contributed by atoms with Gasteiger partial charge < -0.3 is 9.64 Å². The molecule has 28 heavy (non-hydrogen) atoms. The van der Waals surface area contributed by atoms with E-state index in [0.717, 1.165) is 21.6 Å². The van der Waals surface area contributed by atoms with Crippen LogP contribution in [0.1, 0.15) is 34.9 Å². The molecule has 7 heteroatoms. The van der Waals surface area contributed by atoms with Crippen molar-refractivity contribution in [1.82, 2.24) is 4.90 Å². The van der Waals surface area contributed by atoms with Crippen molar-refractivity contribution in [2.45, 2.75) is 52.8 Å². The third-order valence-corrected chi connectivity index (χ3v) is 7.83. The third-order valence-electron chi connectivity index (χ3n) is 5.07. The standard InChI is InChI=1S/C21H27NO4S2/c1-14-9-15(2)11-19(10-14)26-17(4)21(23)22(12-20-16(3)5-7-27-20)18-6-8-28(24,25)13-18/h5,7,9-11,17-18H,6,8,12-13H2,1-4H3. The number of rotatable bonds is 6. The molecule has 0 saturated carbocycles. The van der Waals surface area contributed by atoms with Gasteiger partial charge in [-0.05, 0) is 74.4 Å². The molecule has 3 rings (SSSR count). The number of hydrogen-bond acceptors (Lipinski definition) is 5. The zero-order valence-corrected chi connectivity index (χ0v) is 18.4. The van der Waals surface area contributed by atoms with Gasteiger partial charge in [-0.25, -0.2) is 8.42 Å². The predicted octanol–water partition coefficient (Wildman–Crippen LogP) is 3.66. The summed E-state index contributed by atoms with van der Waals surface area (Å²) in [5.74, 6) is 0.648. The zero-order chi connectivity index (χ0) is 20.5. The largest absolute Gasteiger partial charge is 0.481 e. The van der Waals surface area contributed by atoms with Gasteiger partial charge in [0.1, 0.15) is 5.75 Å². The van der Waals surface area contributed by atoms with E-state index in [-0.39, 0.29) is 23.5 Å². The van der Waals surface area contributed by atoms with Crippen LogP contribution in [0.4, 0.5) is 0 Å². The second-order valence-corrected chi connectivity index (χ2v) is 10.9. The first-order valence-electron chi connectivity index (χ1n) is 9.43. The van der Waals surface area contributed by atoms with Gasteiger partial charge in [-0.2, -0.15) is 0 Å². The Morgan fingerprint density at radius 2 is 1.93 bits per heavy atom. The molecule has 1 fully saturated rings. The zero-order valence-electron chi connectivity index (χ0n) is 16.8. The van der Waals surface area contributed by atoms with Gasteiger partial charge in [0.2, 0.25) is 0 Å². The van der Waals surface area contributed by atoms with Crippen LogP contribution in [0.3, 0.4) is 0 Å². The summed E-state index contributed by atoms with van der Waals surface area (Å²) < 4.78 is 30.0. The van der Waals surface area contributed by atoms with Crippen molar-refractivity contribution in [3.63, 3.8) is 0 Å². The van der Waals surface area contributed by atoms with Crippen LogP contribution in [0.5, 0.6) is 5.75 Å². The molecule has 1 aliphatic rings. The summed E-state index contributed by atoms with van der Waals surface area (Å²) in [5, 5.41) is 1.99. The Kier molecular flexibility index (Phi) is 6.15. The number of aryl methyl sites for hydroxylation is 3. The van der Waals surface area contributed by atoms with Crippen LogP contribution >= 0.6 is 11.3 Å². The van der Waals surface area contributed by atoms with Gasteiger partial charge in [-0.15, -0.1) is 11.3 Å². The highest BCUT2D eigenvalue weighted by Crippen LogP contribution is 2.26. The Balaban J connectivity index is 1.81. The lowest BCUT2D eigenvalue weighted by atomic mass is 10.1. The van der Waals surface area contributed by atoms with Crippen molar-refractivity contribution < 1.29 is 17.9 Å². The molecule has 1 aromatic heterocycles. The Bertz CT molecular complexity index is 944. The number of carbonyl (C=O) groups excluding carboxylic acids is 1. The highest BCUT2D eigenvalue weighted by molar-refractivity contribution is 7.91. The van der Waals surface area contributed by atoms with E-state index in [4.69, 9.17) is 4.74 Å². The fraction of sp³-hybridized carbons (Fsp3) is 0.476. The van der Waals surface area contributed by atoms with E-state index in [0.29, 0.717) is 18.7 Å². The second kappa shape index (κ2) is 8.25. The molecule has 0 aliphatic carbocycles. The molecule has 2 aromatic rings. The molecule has 1 aromatic carbocycles. The highest BCUT2D eigenvalue weighted by Gasteiger charge is 2.37. The van der Waals surface area contributed by atoms with Crippen molar-refractivity contribution in [2.75, 3.05) is 11.5 Å². The summed E-state index contributed by atoms with van der Waals surface area (Å²) in [6, 6.07) is 7.58. The summed E-state index contributed by atoms with van der Waals surface area (Å²) in [7, 11) is -3.09. The van der Waals surface area contributed by atoms with Crippen LogP contribution in [0, 0.1) is 20.8 Å². The molecular formula is C21H27NO4S2. The number of amides is 1. The first-order valence-corrected chi connectivity index (χ1v) is 12.1. The van der Waals surface area contributed by atoms with Gasteiger partial charge >= 0.3 is 0 Å². The predicted molar refractivity (Wildman–Crippen MR) is 113 cm³/mol. The number of ether oxygens (including phenoxy) is 1. The lowest BCUT2D eigenvalue weighted by Gasteiger charge is -2.31. The highest BCUT2D eigenvalue weighted by atomic mass is 32.2. The maximum Gasteiger partial charge on any atom is 0.263 e. The normalized spacial score (nSPS) is 19.4. The van der Waals surface area contributed by atoms with Crippen LogP contribution in [0.15, 0.2) is 29.6 Å². The maximum atomic E-state index is 13.3. The monoisotopic (exact) mass is 421 g/mol. The van der Waals surface area contributed by atoms with Crippen LogP contribution in [-0.4, -0.2) is 42.9 Å². The van der Waals surface area contributed by atoms with Crippen molar-refractivity contribution in [1.29, 1.82) is 0 Å². The SMILES string of the molecule is Cc1cc(C)cc(OC(C)C(=O)N(Cc2sccc2C)C2CCS(=O)(=O)C2)c1. The molecular weight excluding hydrogens is 394 g/mol. The molecule has 0 spiro atoms. The van der Waals surface area contributed by atoms with Crippen LogP contribution in [0.25, 0.3) is 0 Å². The van der Waals surface area contributed by atoms with E-state index < -0.39 is 15.9 Å². The number of thiophene rings is 1. The number of benzene rings is 1. The van der Waals surface area contributed by atoms with Crippen molar-refractivity contribution in [3.8, 4) is 5.75 Å². The lowest BCUT2D eigenvalue weighted by Crippen LogP contribution is -2.46. The molecule has 0 bridgehead atoms. The molecule has 0 N–H and O–H groups in total. The molecule has 1 saturated heterocycles. The third kappa shape index (κ3) is 4.94. The smallest absolute Gasteiger partial charge is 0.263 e. The maximum absolute atomic E-state index is 13.3. The first kappa shape index (κ1) is 20.9. The second-order valence-electron chi connectivity index (χ2n) is 7.63. The Morgan fingerprint density at radius 3 is 2.46 bits per heavy atom. The first-order chi connectivity index (χ1) is 13.1. The summed E-state index contributed by atoms with van der Waals surface area (Å²) >= 11 is 1.59. The van der Waals surface area contributed by atoms with Crippen LogP contribution < -0.4 is 4.74 Å². The van der Waals surface area contributed by atoms with Gasteiger partial charge in [-0.3, -0.25) is 4.79 Å². The van der Waals surface area contributed by atoms with Gasteiger partial charge in [0.15, 0.2) is 15.9 Å². The van der Waals surface area contributed by atoms with Crippen molar-refractivity contribution >= 4 is 27.1 Å². The van der Waals surface area contributed by atoms with Gasteiger partial charge in [0.05, 0.1) is 18.1 Å². The summed E-state index contributed by atoms with van der Waals surface area (Å²) in [6.45, 7) is 8.14. The van der Waals surface area contributed by atoms with E-state index in [2.05, 4.69) is 6.07 Å². The van der Waals surface area contributed by atoms with E-state index in [1.807, 2.05) is 44.4 Å². The van der Waals surface area contributed by atoms with Crippen LogP contribution in [-0.2, 0) is 21.2 Å². The van der Waals surface area contributed by atoms with Gasteiger partial charge in [-0.1, -0.05) is 6.07 Å². The summed E-state index contributed by atoms with van der Waals surface area (Å²) in [4.78, 5) is 16.0. The van der Waals surface area contributed by atoms with Crippen molar-refractivity contribution in [2.24, 2.45) is 0 Å². The van der Waals surface area contributed by atoms with Gasteiger partial charge in [0, 0.05) is 10.9 Å². The minimum atomic E-state index is -3.09. The number of sulfone groups is 1. The Labute approximate surface area is 171 Å². The molecule has 1 amide bonds. The topological polar surface area (TPSA) is 63.7 Å². The molecule has 1 aliphatic heterocycles. The molecule has 152 valence electrons. The average Bonchev–Trinajstić information content (AvgIpc) is 3.16. The molecule has 2 unspecified atom stereocenters. The van der Waals surface area contributed by atoms with Crippen molar-refractivity contribution in [3.05, 3.63) is 51.2 Å².